The average molecular weight is 296 g/mol. The Hall–Kier alpha value is -2.05. The Morgan fingerprint density at radius 1 is 1.48 bits per heavy atom. The number of rotatable bonds is 3. The van der Waals surface area contributed by atoms with E-state index in [4.69, 9.17) is 4.74 Å². The predicted molar refractivity (Wildman–Crippen MR) is 73.5 cm³/mol. The van der Waals surface area contributed by atoms with Gasteiger partial charge in [0.1, 0.15) is 6.61 Å². The van der Waals surface area contributed by atoms with Crippen molar-refractivity contribution in [2.24, 2.45) is 11.3 Å². The van der Waals surface area contributed by atoms with Crippen LogP contribution < -0.4 is 5.32 Å². The first-order valence-corrected chi connectivity index (χ1v) is 7.00. The highest BCUT2D eigenvalue weighted by Gasteiger charge is 2.49. The number of likely N-dealkylation sites (tertiary alicyclic amines) is 1. The number of carboxylic acid groups (broad SMARTS) is 1. The maximum atomic E-state index is 11.8. The molecule has 0 aromatic rings. The highest BCUT2D eigenvalue weighted by atomic mass is 16.6. The van der Waals surface area contributed by atoms with Gasteiger partial charge in [-0.05, 0) is 18.3 Å². The van der Waals surface area contributed by atoms with E-state index >= 15 is 0 Å². The number of aliphatic carboxylic acids is 1. The van der Waals surface area contributed by atoms with Crippen molar-refractivity contribution >= 4 is 18.0 Å². The van der Waals surface area contributed by atoms with Gasteiger partial charge in [-0.25, -0.2) is 4.79 Å². The van der Waals surface area contributed by atoms with E-state index in [9.17, 15) is 19.5 Å². The zero-order valence-electron chi connectivity index (χ0n) is 11.8. The van der Waals surface area contributed by atoms with Crippen molar-refractivity contribution in [3.05, 3.63) is 12.7 Å². The Labute approximate surface area is 122 Å². The molecule has 1 atom stereocenters. The minimum atomic E-state index is -0.891. The van der Waals surface area contributed by atoms with Crippen LogP contribution in [0.25, 0.3) is 0 Å². The normalized spacial score (nSPS) is 24.3. The highest BCUT2D eigenvalue weighted by molar-refractivity contribution is 5.82. The smallest absolute Gasteiger partial charge is 0.410 e. The van der Waals surface area contributed by atoms with E-state index in [1.54, 1.807) is 4.90 Å². The zero-order valence-corrected chi connectivity index (χ0v) is 11.8. The first-order chi connectivity index (χ1) is 9.98. The fraction of sp³-hybridized carbons (Fsp3) is 0.643. The molecule has 2 N–H and O–H groups in total. The van der Waals surface area contributed by atoms with Crippen molar-refractivity contribution < 1.29 is 24.2 Å². The SMILES string of the molecule is C=CCOC(=O)N1CCC2(CC1)CC(=O)NCC2C(=O)O. The Kier molecular flexibility index (Phi) is 4.50. The maximum Gasteiger partial charge on any atom is 0.410 e. The lowest BCUT2D eigenvalue weighted by atomic mass is 9.64. The molecular weight excluding hydrogens is 276 g/mol. The summed E-state index contributed by atoms with van der Waals surface area (Å²) in [5.74, 6) is -1.60. The van der Waals surface area contributed by atoms with Crippen LogP contribution in [0.15, 0.2) is 12.7 Å². The van der Waals surface area contributed by atoms with Crippen molar-refractivity contribution in [3.63, 3.8) is 0 Å². The molecule has 0 aromatic carbocycles. The van der Waals surface area contributed by atoms with Crippen LogP contribution in [-0.2, 0) is 14.3 Å². The molecule has 2 amide bonds. The van der Waals surface area contributed by atoms with Gasteiger partial charge in [-0.15, -0.1) is 0 Å². The van der Waals surface area contributed by atoms with Crippen molar-refractivity contribution in [1.29, 1.82) is 0 Å². The summed E-state index contributed by atoms with van der Waals surface area (Å²) in [6.45, 7) is 4.61. The summed E-state index contributed by atoms with van der Waals surface area (Å²) >= 11 is 0. The third-order valence-electron chi connectivity index (χ3n) is 4.40. The Morgan fingerprint density at radius 3 is 2.71 bits per heavy atom. The number of amides is 2. The number of carbonyl (C=O) groups is 3. The molecule has 0 aromatic heterocycles. The number of ether oxygens (including phenoxy) is 1. The van der Waals surface area contributed by atoms with E-state index < -0.39 is 23.4 Å². The minimum absolute atomic E-state index is 0.116. The maximum absolute atomic E-state index is 11.8. The van der Waals surface area contributed by atoms with Crippen LogP contribution in [-0.4, -0.2) is 54.2 Å². The van der Waals surface area contributed by atoms with Crippen molar-refractivity contribution in [2.45, 2.75) is 19.3 Å². The van der Waals surface area contributed by atoms with Gasteiger partial charge in [-0.3, -0.25) is 9.59 Å². The summed E-state index contributed by atoms with van der Waals surface area (Å²) in [5.41, 5.74) is -0.552. The molecule has 2 aliphatic heterocycles. The van der Waals surface area contributed by atoms with Gasteiger partial charge in [0.05, 0.1) is 5.92 Å². The molecule has 0 aliphatic carbocycles. The van der Waals surface area contributed by atoms with Crippen LogP contribution >= 0.6 is 0 Å². The molecule has 1 unspecified atom stereocenters. The highest BCUT2D eigenvalue weighted by Crippen LogP contribution is 2.44. The lowest BCUT2D eigenvalue weighted by Gasteiger charge is -2.46. The van der Waals surface area contributed by atoms with Gasteiger partial charge < -0.3 is 20.1 Å². The quantitative estimate of drug-likeness (QED) is 0.744. The Balaban J connectivity index is 2.02. The standard InChI is InChI=1S/C14H20N2O5/c1-2-7-21-13(20)16-5-3-14(4-6-16)8-11(17)15-9-10(14)12(18)19/h2,10H,1,3-9H2,(H,15,17)(H,18,19). The number of nitrogens with zero attached hydrogens (tertiary/aromatic N) is 1. The number of piperidine rings is 2. The molecule has 2 heterocycles. The van der Waals surface area contributed by atoms with E-state index in [0.717, 1.165) is 0 Å². The number of carbonyl (C=O) groups excluding carboxylic acids is 2. The van der Waals surface area contributed by atoms with Crippen LogP contribution in [0.5, 0.6) is 0 Å². The van der Waals surface area contributed by atoms with Crippen molar-refractivity contribution in [3.8, 4) is 0 Å². The molecule has 2 rings (SSSR count). The van der Waals surface area contributed by atoms with E-state index in [0.29, 0.717) is 25.9 Å². The number of nitrogens with one attached hydrogen (secondary N) is 1. The van der Waals surface area contributed by atoms with Gasteiger partial charge >= 0.3 is 12.1 Å². The summed E-state index contributed by atoms with van der Waals surface area (Å²) in [6.07, 6.45) is 2.28. The predicted octanol–water partition coefficient (Wildman–Crippen LogP) is 0.612. The monoisotopic (exact) mass is 296 g/mol. The fourth-order valence-electron chi connectivity index (χ4n) is 3.17. The van der Waals surface area contributed by atoms with Gasteiger partial charge in [0.25, 0.3) is 0 Å². The van der Waals surface area contributed by atoms with Crippen molar-refractivity contribution in [1.82, 2.24) is 10.2 Å². The second-order valence-electron chi connectivity index (χ2n) is 5.59. The molecule has 0 bridgehead atoms. The molecule has 21 heavy (non-hydrogen) atoms. The first-order valence-electron chi connectivity index (χ1n) is 7.00. The minimum Gasteiger partial charge on any atom is -0.481 e. The van der Waals surface area contributed by atoms with E-state index in [1.807, 2.05) is 0 Å². The molecule has 1 spiro atoms. The van der Waals surface area contributed by atoms with Crippen LogP contribution in [0, 0.1) is 11.3 Å². The summed E-state index contributed by atoms with van der Waals surface area (Å²) in [7, 11) is 0. The third kappa shape index (κ3) is 3.17. The Bertz CT molecular complexity index is 454. The summed E-state index contributed by atoms with van der Waals surface area (Å²) in [5, 5.41) is 12.0. The van der Waals surface area contributed by atoms with Gasteiger partial charge in [0.2, 0.25) is 5.91 Å². The van der Waals surface area contributed by atoms with Gasteiger partial charge in [-0.1, -0.05) is 12.7 Å². The summed E-state index contributed by atoms with van der Waals surface area (Å²) in [4.78, 5) is 36.4. The summed E-state index contributed by atoms with van der Waals surface area (Å²) in [6, 6.07) is 0. The lowest BCUT2D eigenvalue weighted by Crippen LogP contribution is -2.56. The van der Waals surface area contributed by atoms with Crippen LogP contribution in [0.1, 0.15) is 19.3 Å². The van der Waals surface area contributed by atoms with E-state index in [-0.39, 0.29) is 25.5 Å². The van der Waals surface area contributed by atoms with E-state index in [2.05, 4.69) is 11.9 Å². The van der Waals surface area contributed by atoms with E-state index in [1.165, 1.54) is 6.08 Å². The van der Waals surface area contributed by atoms with Gasteiger partial charge in [-0.2, -0.15) is 0 Å². The van der Waals surface area contributed by atoms with Crippen LogP contribution in [0.2, 0.25) is 0 Å². The second-order valence-corrected chi connectivity index (χ2v) is 5.59. The molecule has 2 saturated heterocycles. The third-order valence-corrected chi connectivity index (χ3v) is 4.40. The molecule has 7 nitrogen and oxygen atoms in total. The molecule has 0 saturated carbocycles. The molecule has 7 heteroatoms. The summed E-state index contributed by atoms with van der Waals surface area (Å²) < 4.78 is 4.98. The average Bonchev–Trinajstić information content (AvgIpc) is 2.45. The molecule has 0 radical (unpaired) electrons. The van der Waals surface area contributed by atoms with Crippen LogP contribution in [0.3, 0.4) is 0 Å². The van der Waals surface area contributed by atoms with Gasteiger partial charge in [0.15, 0.2) is 0 Å². The Morgan fingerprint density at radius 2 is 2.14 bits per heavy atom. The second kappa shape index (κ2) is 6.15. The number of carboxylic acids is 1. The molecule has 2 fully saturated rings. The largest absolute Gasteiger partial charge is 0.481 e. The number of hydrogen-bond donors (Lipinski definition) is 2. The zero-order chi connectivity index (χ0) is 15.5. The topological polar surface area (TPSA) is 95.9 Å². The molecular formula is C14H20N2O5. The number of hydrogen-bond acceptors (Lipinski definition) is 4. The first kappa shape index (κ1) is 15.3. The molecule has 2 aliphatic rings. The van der Waals surface area contributed by atoms with Crippen LogP contribution in [0.4, 0.5) is 4.79 Å². The molecule has 116 valence electrons. The fourth-order valence-corrected chi connectivity index (χ4v) is 3.17. The lowest BCUT2D eigenvalue weighted by molar-refractivity contribution is -0.152. The van der Waals surface area contributed by atoms with Gasteiger partial charge in [0, 0.05) is 26.1 Å². The van der Waals surface area contributed by atoms with Crippen molar-refractivity contribution in [2.75, 3.05) is 26.2 Å².